The molecule has 0 fully saturated rings. The zero-order valence-corrected chi connectivity index (χ0v) is 10.9. The van der Waals surface area contributed by atoms with Crippen LogP contribution in [0.15, 0.2) is 28.2 Å². The van der Waals surface area contributed by atoms with Crippen molar-refractivity contribution in [1.29, 1.82) is 0 Å². The van der Waals surface area contributed by atoms with E-state index in [1.165, 1.54) is 6.07 Å². The average Bonchev–Trinajstić information content (AvgIpc) is 2.35. The van der Waals surface area contributed by atoms with E-state index in [2.05, 4.69) is 9.98 Å². The van der Waals surface area contributed by atoms with Crippen LogP contribution in [0.2, 0.25) is 0 Å². The molecule has 1 aromatic carbocycles. The van der Waals surface area contributed by atoms with E-state index in [1.807, 2.05) is 13.8 Å². The largest absolute Gasteiger partial charge is 0.369 e. The maximum Gasteiger partial charge on any atom is 0.223 e. The number of nitrogens with two attached hydrogens (primary N) is 2. The standard InChI is InChI=1S/C12H17F2N5/c1-3-19(4-2)12(16)18-11(15)17-8-5-6-9(13)10(14)7-8/h5-7H,3-4H2,1-2H3,(H4,15,16,17,18). The fraction of sp³-hybridized carbons (Fsp3) is 0.333. The molecule has 0 aliphatic carbocycles. The first-order valence-electron chi connectivity index (χ1n) is 5.86. The fourth-order valence-corrected chi connectivity index (χ4v) is 1.45. The zero-order valence-electron chi connectivity index (χ0n) is 10.9. The van der Waals surface area contributed by atoms with Crippen LogP contribution in [-0.2, 0) is 0 Å². The quantitative estimate of drug-likeness (QED) is 0.645. The van der Waals surface area contributed by atoms with Crippen molar-refractivity contribution in [2.24, 2.45) is 21.5 Å². The Morgan fingerprint density at radius 1 is 1.16 bits per heavy atom. The van der Waals surface area contributed by atoms with Crippen molar-refractivity contribution in [2.45, 2.75) is 13.8 Å². The second-order valence-corrected chi connectivity index (χ2v) is 3.71. The summed E-state index contributed by atoms with van der Waals surface area (Å²) in [5, 5.41) is 0. The van der Waals surface area contributed by atoms with E-state index in [1.54, 1.807) is 4.90 Å². The van der Waals surface area contributed by atoms with Gasteiger partial charge in [0, 0.05) is 19.2 Å². The van der Waals surface area contributed by atoms with Gasteiger partial charge in [-0.25, -0.2) is 13.8 Å². The minimum atomic E-state index is -0.991. The smallest absolute Gasteiger partial charge is 0.223 e. The molecule has 0 radical (unpaired) electrons. The minimum Gasteiger partial charge on any atom is -0.369 e. The molecule has 0 amide bonds. The fourth-order valence-electron chi connectivity index (χ4n) is 1.45. The number of hydrogen-bond donors (Lipinski definition) is 2. The van der Waals surface area contributed by atoms with Gasteiger partial charge >= 0.3 is 0 Å². The highest BCUT2D eigenvalue weighted by molar-refractivity contribution is 5.94. The summed E-state index contributed by atoms with van der Waals surface area (Å²) in [6.07, 6.45) is 0. The van der Waals surface area contributed by atoms with Crippen molar-refractivity contribution in [3.05, 3.63) is 29.8 Å². The highest BCUT2D eigenvalue weighted by Crippen LogP contribution is 2.15. The van der Waals surface area contributed by atoms with Crippen LogP contribution in [0.4, 0.5) is 14.5 Å². The van der Waals surface area contributed by atoms with Crippen LogP contribution in [-0.4, -0.2) is 29.9 Å². The van der Waals surface area contributed by atoms with E-state index >= 15 is 0 Å². The maximum absolute atomic E-state index is 13.0. The third-order valence-electron chi connectivity index (χ3n) is 2.46. The summed E-state index contributed by atoms with van der Waals surface area (Å²) >= 11 is 0. The molecular formula is C12H17F2N5. The average molecular weight is 269 g/mol. The lowest BCUT2D eigenvalue weighted by Crippen LogP contribution is -2.38. The molecule has 0 aromatic heterocycles. The van der Waals surface area contributed by atoms with Crippen molar-refractivity contribution in [3.8, 4) is 0 Å². The molecule has 0 saturated heterocycles. The number of rotatable bonds is 3. The van der Waals surface area contributed by atoms with Crippen LogP contribution >= 0.6 is 0 Å². The van der Waals surface area contributed by atoms with Gasteiger partial charge in [0.1, 0.15) is 0 Å². The van der Waals surface area contributed by atoms with Gasteiger partial charge in [0.15, 0.2) is 17.6 Å². The second kappa shape index (κ2) is 6.67. The van der Waals surface area contributed by atoms with Crippen molar-refractivity contribution < 1.29 is 8.78 Å². The predicted octanol–water partition coefficient (Wildman–Crippen LogP) is 1.57. The molecule has 0 saturated carbocycles. The summed E-state index contributed by atoms with van der Waals surface area (Å²) < 4.78 is 25.7. The van der Waals surface area contributed by atoms with Gasteiger partial charge in [-0.15, -0.1) is 0 Å². The number of nitrogens with zero attached hydrogens (tertiary/aromatic N) is 3. The topological polar surface area (TPSA) is 80.0 Å². The van der Waals surface area contributed by atoms with E-state index in [0.29, 0.717) is 13.1 Å². The molecule has 0 aliphatic heterocycles. The molecule has 0 atom stereocenters. The van der Waals surface area contributed by atoms with Crippen LogP contribution in [0.3, 0.4) is 0 Å². The van der Waals surface area contributed by atoms with Crippen molar-refractivity contribution in [2.75, 3.05) is 13.1 Å². The molecule has 0 bridgehead atoms. The molecule has 19 heavy (non-hydrogen) atoms. The Balaban J connectivity index is 2.92. The van der Waals surface area contributed by atoms with Crippen molar-refractivity contribution in [1.82, 2.24) is 4.90 Å². The molecule has 1 rings (SSSR count). The number of hydrogen-bond acceptors (Lipinski definition) is 1. The first-order valence-corrected chi connectivity index (χ1v) is 5.86. The molecule has 0 unspecified atom stereocenters. The van der Waals surface area contributed by atoms with Gasteiger partial charge in [0.05, 0.1) is 5.69 Å². The van der Waals surface area contributed by atoms with Crippen LogP contribution in [0.1, 0.15) is 13.8 Å². The van der Waals surface area contributed by atoms with E-state index in [-0.39, 0.29) is 17.6 Å². The van der Waals surface area contributed by atoms with Gasteiger partial charge in [-0.1, -0.05) is 0 Å². The second-order valence-electron chi connectivity index (χ2n) is 3.71. The lowest BCUT2D eigenvalue weighted by molar-refractivity contribution is 0.461. The normalized spacial score (nSPS) is 12.6. The van der Waals surface area contributed by atoms with Gasteiger partial charge in [-0.2, -0.15) is 4.99 Å². The third kappa shape index (κ3) is 4.20. The summed E-state index contributed by atoms with van der Waals surface area (Å²) in [4.78, 5) is 9.53. The Morgan fingerprint density at radius 3 is 2.32 bits per heavy atom. The van der Waals surface area contributed by atoms with E-state index < -0.39 is 11.6 Å². The highest BCUT2D eigenvalue weighted by atomic mass is 19.2. The number of guanidine groups is 2. The monoisotopic (exact) mass is 269 g/mol. The molecule has 0 aliphatic rings. The lowest BCUT2D eigenvalue weighted by atomic mass is 10.3. The molecule has 104 valence electrons. The summed E-state index contributed by atoms with van der Waals surface area (Å²) in [6, 6.07) is 3.21. The van der Waals surface area contributed by atoms with Crippen molar-refractivity contribution in [3.63, 3.8) is 0 Å². The number of aliphatic imine (C=N–C) groups is 2. The predicted molar refractivity (Wildman–Crippen MR) is 72.2 cm³/mol. The van der Waals surface area contributed by atoms with Crippen LogP contribution in [0, 0.1) is 11.6 Å². The van der Waals surface area contributed by atoms with Gasteiger partial charge in [-0.3, -0.25) is 0 Å². The van der Waals surface area contributed by atoms with Gasteiger partial charge < -0.3 is 16.4 Å². The molecule has 4 N–H and O–H groups in total. The SMILES string of the molecule is CCN(CC)/C(N)=N/C(N)=Nc1ccc(F)c(F)c1. The van der Waals surface area contributed by atoms with Crippen LogP contribution in [0.25, 0.3) is 0 Å². The molecule has 5 nitrogen and oxygen atoms in total. The first-order chi connectivity index (χ1) is 8.97. The first kappa shape index (κ1) is 14.9. The Bertz CT molecular complexity index is 495. The Labute approximate surface area is 110 Å². The molecule has 1 aromatic rings. The van der Waals surface area contributed by atoms with E-state index in [4.69, 9.17) is 11.5 Å². The van der Waals surface area contributed by atoms with E-state index in [9.17, 15) is 8.78 Å². The number of halogens is 2. The molecule has 0 heterocycles. The summed E-state index contributed by atoms with van der Waals surface area (Å²) in [7, 11) is 0. The highest BCUT2D eigenvalue weighted by Gasteiger charge is 2.04. The van der Waals surface area contributed by atoms with Gasteiger partial charge in [-0.05, 0) is 26.0 Å². The van der Waals surface area contributed by atoms with Gasteiger partial charge in [0.2, 0.25) is 5.96 Å². The molecular weight excluding hydrogens is 252 g/mol. The Hall–Kier alpha value is -2.18. The van der Waals surface area contributed by atoms with E-state index in [0.717, 1.165) is 12.1 Å². The Kier molecular flexibility index (Phi) is 5.23. The minimum absolute atomic E-state index is 0.115. The summed E-state index contributed by atoms with van der Waals surface area (Å²) in [5.74, 6) is -1.82. The van der Waals surface area contributed by atoms with Gasteiger partial charge in [0.25, 0.3) is 0 Å². The van der Waals surface area contributed by atoms with Crippen LogP contribution in [0.5, 0.6) is 0 Å². The third-order valence-corrected chi connectivity index (χ3v) is 2.46. The zero-order chi connectivity index (χ0) is 14.4. The number of benzene rings is 1. The lowest BCUT2D eigenvalue weighted by Gasteiger charge is -2.18. The van der Waals surface area contributed by atoms with Crippen molar-refractivity contribution >= 4 is 17.6 Å². The summed E-state index contributed by atoms with van der Waals surface area (Å²) in [6.45, 7) is 5.22. The van der Waals surface area contributed by atoms with Crippen LogP contribution < -0.4 is 11.5 Å². The summed E-state index contributed by atoms with van der Waals surface area (Å²) in [5.41, 5.74) is 11.5. The Morgan fingerprint density at radius 2 is 1.79 bits per heavy atom. The molecule has 7 heteroatoms. The maximum atomic E-state index is 13.0. The molecule has 0 spiro atoms.